The van der Waals surface area contributed by atoms with Gasteiger partial charge in [-0.05, 0) is 158 Å². The van der Waals surface area contributed by atoms with Crippen molar-refractivity contribution in [2.45, 2.75) is 221 Å². The van der Waals surface area contributed by atoms with Crippen molar-refractivity contribution < 1.29 is 42.7 Å². The van der Waals surface area contributed by atoms with Crippen LogP contribution in [-0.4, -0.2) is 75.7 Å². The highest BCUT2D eigenvalue weighted by molar-refractivity contribution is 6.10. The van der Waals surface area contributed by atoms with Crippen LogP contribution in [0.4, 0.5) is 9.59 Å². The predicted molar refractivity (Wildman–Crippen MR) is 341 cm³/mol. The Morgan fingerprint density at radius 2 is 1.02 bits per heavy atom. The first-order valence-corrected chi connectivity index (χ1v) is 31.3. The van der Waals surface area contributed by atoms with E-state index in [0.29, 0.717) is 75.0 Å². The first kappa shape index (κ1) is 70.4. The number of nitrogens with one attached hydrogen (secondary N) is 2. The van der Waals surface area contributed by atoms with Crippen molar-refractivity contribution in [1.82, 2.24) is 10.6 Å². The number of amides is 2. The van der Waals surface area contributed by atoms with Gasteiger partial charge in [0, 0.05) is 36.3 Å². The Morgan fingerprint density at radius 1 is 0.573 bits per heavy atom. The van der Waals surface area contributed by atoms with E-state index in [9.17, 15) is 9.59 Å². The summed E-state index contributed by atoms with van der Waals surface area (Å²) in [7, 11) is 1.67. The summed E-state index contributed by atoms with van der Waals surface area (Å²) in [5.74, 6) is 4.61. The molecule has 2 N–H and O–H groups in total. The molecule has 0 saturated carbocycles. The van der Waals surface area contributed by atoms with Crippen LogP contribution >= 0.6 is 0 Å². The molecule has 0 bridgehead atoms. The van der Waals surface area contributed by atoms with Gasteiger partial charge in [-0.1, -0.05) is 149 Å². The molecular formula is C70H109N3O9. The van der Waals surface area contributed by atoms with Gasteiger partial charge in [-0.2, -0.15) is 0 Å². The normalized spacial score (nSPS) is 12.8. The lowest BCUT2D eigenvalue weighted by Crippen LogP contribution is -2.33. The molecule has 0 fully saturated rings. The summed E-state index contributed by atoms with van der Waals surface area (Å²) in [4.78, 5) is 29.8. The Morgan fingerprint density at radius 3 is 1.49 bits per heavy atom. The van der Waals surface area contributed by atoms with Crippen molar-refractivity contribution in [2.24, 2.45) is 16.8 Å². The van der Waals surface area contributed by atoms with Gasteiger partial charge in [0.25, 0.3) is 0 Å². The van der Waals surface area contributed by atoms with Crippen molar-refractivity contribution in [1.29, 1.82) is 0 Å². The number of hydrogen-bond donors (Lipinski definition) is 2. The fourth-order valence-corrected chi connectivity index (χ4v) is 9.40. The lowest BCUT2D eigenvalue weighted by molar-refractivity contribution is 0.0515. The number of allylic oxidation sites excluding steroid dienone is 2. The van der Waals surface area contributed by atoms with Crippen molar-refractivity contribution in [2.75, 3.05) is 46.6 Å². The Bertz CT molecular complexity index is 2350. The topological polar surface area (TPSA) is 135 Å². The molecule has 0 saturated heterocycles. The summed E-state index contributed by atoms with van der Waals surface area (Å²) in [6.07, 6.45) is 22.4. The molecule has 82 heavy (non-hydrogen) atoms. The largest absolute Gasteiger partial charge is 0.497 e. The van der Waals surface area contributed by atoms with Gasteiger partial charge in [0.2, 0.25) is 0 Å². The third kappa shape index (κ3) is 29.4. The van der Waals surface area contributed by atoms with Crippen LogP contribution in [0, 0.1) is 11.8 Å². The molecule has 3 aromatic carbocycles. The van der Waals surface area contributed by atoms with Crippen LogP contribution in [-0.2, 0) is 9.47 Å². The molecule has 0 heterocycles. The van der Waals surface area contributed by atoms with Gasteiger partial charge in [0.05, 0.1) is 39.2 Å². The van der Waals surface area contributed by atoms with Crippen LogP contribution in [0.3, 0.4) is 0 Å². The third-order valence-corrected chi connectivity index (χ3v) is 14.3. The summed E-state index contributed by atoms with van der Waals surface area (Å²) in [5.41, 5.74) is 4.05. The summed E-state index contributed by atoms with van der Waals surface area (Å²) in [6, 6.07) is 19.6. The maximum absolute atomic E-state index is 12.1. The van der Waals surface area contributed by atoms with Crippen LogP contribution in [0.15, 0.2) is 97.0 Å². The average molecular weight is 1140 g/mol. The smallest absolute Gasteiger partial charge is 0.407 e. The number of nitrogens with zero attached hydrogens (tertiary/aromatic N) is 1. The minimum absolute atomic E-state index is 0.369. The molecule has 3 atom stereocenters. The molecule has 2 amide bonds. The number of benzene rings is 3. The number of methoxy groups -OCH3 is 1. The number of ether oxygens (including phenoxy) is 7. The Labute approximate surface area is 497 Å². The molecule has 12 nitrogen and oxygen atoms in total. The van der Waals surface area contributed by atoms with Crippen molar-refractivity contribution in [3.8, 4) is 28.7 Å². The monoisotopic (exact) mass is 1140 g/mol. The maximum atomic E-state index is 12.1. The van der Waals surface area contributed by atoms with Crippen molar-refractivity contribution in [3.63, 3.8) is 0 Å². The second kappa shape index (κ2) is 39.5. The van der Waals surface area contributed by atoms with Gasteiger partial charge in [-0.15, -0.1) is 0 Å². The molecule has 3 aromatic rings. The third-order valence-electron chi connectivity index (χ3n) is 14.3. The quantitative estimate of drug-likeness (QED) is 0.0323. The van der Waals surface area contributed by atoms with Gasteiger partial charge < -0.3 is 43.8 Å². The number of carbonyl (C=O) groups is 2. The summed E-state index contributed by atoms with van der Waals surface area (Å²) in [6.45, 7) is 37.3. The molecule has 0 aliphatic rings. The highest BCUT2D eigenvalue weighted by Gasteiger charge is 2.24. The van der Waals surface area contributed by atoms with E-state index in [-0.39, 0.29) is 12.2 Å². The average Bonchev–Trinajstić information content (AvgIpc) is 3.52. The lowest BCUT2D eigenvalue weighted by atomic mass is 9.91. The molecule has 0 aliphatic carbocycles. The van der Waals surface area contributed by atoms with E-state index in [1.807, 2.05) is 102 Å². The van der Waals surface area contributed by atoms with E-state index < -0.39 is 17.2 Å². The van der Waals surface area contributed by atoms with Gasteiger partial charge in [0.15, 0.2) is 0 Å². The fraction of sp³-hybridized carbons (Fsp3) is 0.614. The second-order valence-electron chi connectivity index (χ2n) is 23.9. The van der Waals surface area contributed by atoms with Crippen LogP contribution in [0.1, 0.15) is 227 Å². The lowest BCUT2D eigenvalue weighted by Gasteiger charge is -2.23. The molecule has 3 rings (SSSR count). The Balaban J connectivity index is 1.99. The Kier molecular flexibility index (Phi) is 33.9. The highest BCUT2D eigenvalue weighted by atomic mass is 16.6. The predicted octanol–water partition coefficient (Wildman–Crippen LogP) is 18.7. The number of rotatable bonds is 43. The van der Waals surface area contributed by atoms with E-state index in [4.69, 9.17) is 44.7 Å². The van der Waals surface area contributed by atoms with Gasteiger partial charge in [-0.25, -0.2) is 9.59 Å². The molecular weight excluding hydrogens is 1030 g/mol. The second-order valence-corrected chi connectivity index (χ2v) is 23.9. The number of aliphatic imine (C=N–C) groups is 1. The minimum atomic E-state index is -0.568. The first-order chi connectivity index (χ1) is 39.3. The summed E-state index contributed by atoms with van der Waals surface area (Å²) >= 11 is 0. The van der Waals surface area contributed by atoms with Gasteiger partial charge >= 0.3 is 12.2 Å². The Hall–Kier alpha value is -5.91. The SMILES string of the molecule is C=CC(=NC(C(=C)CC(=C)c1ccc(OC)cc1)c1ccc(OCC(CC)CCCC)cc1OCCCCCCCCNC(=O)OC(C)(C)C)c1ccc(OCC(CC)CCCC)cc1OCCCCCCCCNC(=O)OC(C)(C)C. The number of unbranched alkanes of at least 4 members (excludes halogenated alkanes) is 12. The van der Waals surface area contributed by atoms with E-state index >= 15 is 0 Å². The van der Waals surface area contributed by atoms with Crippen LogP contribution in [0.25, 0.3) is 5.57 Å². The summed E-state index contributed by atoms with van der Waals surface area (Å²) in [5, 5.41) is 5.74. The van der Waals surface area contributed by atoms with Crippen LogP contribution in [0.5, 0.6) is 28.7 Å². The maximum Gasteiger partial charge on any atom is 0.407 e. The van der Waals surface area contributed by atoms with E-state index in [1.165, 1.54) is 12.8 Å². The first-order valence-electron chi connectivity index (χ1n) is 31.3. The zero-order chi connectivity index (χ0) is 60.2. The minimum Gasteiger partial charge on any atom is -0.497 e. The fourth-order valence-electron chi connectivity index (χ4n) is 9.40. The molecule has 0 spiro atoms. The van der Waals surface area contributed by atoms with E-state index in [1.54, 1.807) is 7.11 Å². The molecule has 458 valence electrons. The van der Waals surface area contributed by atoms with E-state index in [0.717, 1.165) is 161 Å². The number of carbonyl (C=O) groups excluding carboxylic acids is 2. The zero-order valence-electron chi connectivity index (χ0n) is 52.9. The van der Waals surface area contributed by atoms with Crippen LogP contribution in [0.2, 0.25) is 0 Å². The van der Waals surface area contributed by atoms with Crippen molar-refractivity contribution >= 4 is 23.5 Å². The summed E-state index contributed by atoms with van der Waals surface area (Å²) < 4.78 is 42.9. The molecule has 12 heteroatoms. The number of alkyl carbamates (subject to hydrolysis) is 2. The van der Waals surface area contributed by atoms with E-state index in [2.05, 4.69) is 57.6 Å². The molecule has 0 aromatic heterocycles. The van der Waals surface area contributed by atoms with Crippen LogP contribution < -0.4 is 34.3 Å². The highest BCUT2D eigenvalue weighted by Crippen LogP contribution is 2.40. The molecule has 0 aliphatic heterocycles. The molecule has 3 unspecified atom stereocenters. The van der Waals surface area contributed by atoms with Crippen molar-refractivity contribution in [3.05, 3.63) is 109 Å². The molecule has 0 radical (unpaired) electrons. The number of hydrogen-bond acceptors (Lipinski definition) is 10. The standard InChI is InChI=1S/C70H109N3O9/c1-15-20-34-55(17-3)51-79-59-40-42-61(64(49-59)77-46-32-28-24-22-26-30-44-71-67(74)81-69(8,9)10)63(19-5)73-66(54(7)48-53(6)57-36-38-58(76-14)39-37-57)62-43-41-60(80-52-56(18-4)35-21-16-2)50-65(62)78-47-33-29-25-23-27-31-45-72-68(75)82-70(11,12)13/h19,36-43,49-50,55-56,66H,5-7,15-18,20-35,44-48,51-52H2,1-4,8-14H3,(H,71,74)(H,72,75). The zero-order valence-corrected chi connectivity index (χ0v) is 52.9. The van der Waals surface area contributed by atoms with Gasteiger partial charge in [0.1, 0.15) is 46.0 Å². The van der Waals surface area contributed by atoms with Gasteiger partial charge in [-0.3, -0.25) is 4.99 Å².